The smallest absolute Gasteiger partial charge is 0.131 e. The van der Waals surface area contributed by atoms with Gasteiger partial charge < -0.3 is 14.9 Å². The summed E-state index contributed by atoms with van der Waals surface area (Å²) in [6.07, 6.45) is 4.19. The van der Waals surface area contributed by atoms with Crippen LogP contribution in [0.1, 0.15) is 5.56 Å². The molecule has 1 aliphatic rings. The van der Waals surface area contributed by atoms with Crippen LogP contribution in [0, 0.1) is 0 Å². The Labute approximate surface area is 104 Å². The Kier molecular flexibility index (Phi) is 2.57. The summed E-state index contributed by atoms with van der Waals surface area (Å²) in [5.41, 5.74) is 8.70. The fourth-order valence-corrected chi connectivity index (χ4v) is 2.40. The highest BCUT2D eigenvalue weighted by Gasteiger charge is 2.25. The van der Waals surface area contributed by atoms with Crippen LogP contribution in [0.2, 0.25) is 5.02 Å². The van der Waals surface area contributed by atoms with Gasteiger partial charge in [-0.05, 0) is 23.8 Å². The molecule has 4 heteroatoms. The number of hydrogen-bond donors (Lipinski definition) is 1. The highest BCUT2D eigenvalue weighted by atomic mass is 35.5. The summed E-state index contributed by atoms with van der Waals surface area (Å²) in [6, 6.07) is 5.73. The zero-order chi connectivity index (χ0) is 11.8. The van der Waals surface area contributed by atoms with Crippen molar-refractivity contribution in [2.75, 3.05) is 6.54 Å². The number of nitrogens with two attached hydrogens (primary N) is 1. The minimum absolute atomic E-state index is 0.0501. The molecule has 2 heterocycles. The van der Waals surface area contributed by atoms with Gasteiger partial charge in [-0.15, -0.1) is 0 Å². The molecule has 1 aromatic carbocycles. The van der Waals surface area contributed by atoms with E-state index in [2.05, 4.69) is 0 Å². The molecular weight excluding hydrogens is 238 g/mol. The molecule has 0 unspecified atom stereocenters. The molecule has 1 atom stereocenters. The van der Waals surface area contributed by atoms with E-state index in [-0.39, 0.29) is 6.10 Å². The zero-order valence-electron chi connectivity index (χ0n) is 9.15. The van der Waals surface area contributed by atoms with Gasteiger partial charge in [0.05, 0.1) is 12.5 Å². The van der Waals surface area contributed by atoms with Crippen LogP contribution in [0.25, 0.3) is 11.1 Å². The highest BCUT2D eigenvalue weighted by Crippen LogP contribution is 2.40. The minimum Gasteiger partial charge on any atom is -0.488 e. The lowest BCUT2D eigenvalue weighted by Crippen LogP contribution is -2.24. The Bertz CT molecular complexity index is 537. The Morgan fingerprint density at radius 2 is 2.29 bits per heavy atom. The van der Waals surface area contributed by atoms with E-state index in [1.54, 1.807) is 12.5 Å². The molecule has 3 nitrogen and oxygen atoms in total. The molecule has 2 N–H and O–H groups in total. The average molecular weight is 250 g/mol. The molecule has 0 radical (unpaired) electrons. The Hall–Kier alpha value is -1.45. The second kappa shape index (κ2) is 4.09. The molecule has 17 heavy (non-hydrogen) atoms. The molecule has 0 amide bonds. The van der Waals surface area contributed by atoms with Crippen molar-refractivity contribution in [2.24, 2.45) is 5.73 Å². The number of fused-ring (bicyclic) bond motifs is 1. The third kappa shape index (κ3) is 1.81. The maximum absolute atomic E-state index is 6.12. The quantitative estimate of drug-likeness (QED) is 0.890. The molecule has 0 bridgehead atoms. The van der Waals surface area contributed by atoms with Gasteiger partial charge in [0, 0.05) is 29.1 Å². The van der Waals surface area contributed by atoms with E-state index in [4.69, 9.17) is 26.5 Å². The largest absolute Gasteiger partial charge is 0.488 e. The SMILES string of the molecule is NC[C@@H]1Cc2cc(Cl)cc(-c3ccoc3)c2O1. The van der Waals surface area contributed by atoms with E-state index in [1.807, 2.05) is 18.2 Å². The third-order valence-corrected chi connectivity index (χ3v) is 3.18. The molecule has 0 fully saturated rings. The third-order valence-electron chi connectivity index (χ3n) is 2.96. The molecular formula is C13H12ClNO2. The van der Waals surface area contributed by atoms with Crippen LogP contribution in [-0.4, -0.2) is 12.6 Å². The van der Waals surface area contributed by atoms with Crippen molar-refractivity contribution >= 4 is 11.6 Å². The van der Waals surface area contributed by atoms with Crippen molar-refractivity contribution in [3.63, 3.8) is 0 Å². The van der Waals surface area contributed by atoms with Crippen molar-refractivity contribution in [1.82, 2.24) is 0 Å². The molecule has 1 aliphatic heterocycles. The van der Waals surface area contributed by atoms with Gasteiger partial charge in [0.1, 0.15) is 11.9 Å². The van der Waals surface area contributed by atoms with Gasteiger partial charge >= 0.3 is 0 Å². The van der Waals surface area contributed by atoms with E-state index in [9.17, 15) is 0 Å². The molecule has 2 aromatic rings. The number of ether oxygens (including phenoxy) is 1. The van der Waals surface area contributed by atoms with Crippen LogP contribution < -0.4 is 10.5 Å². The van der Waals surface area contributed by atoms with Gasteiger partial charge in [0.25, 0.3) is 0 Å². The summed E-state index contributed by atoms with van der Waals surface area (Å²) in [6.45, 7) is 0.511. The first-order chi connectivity index (χ1) is 8.28. The van der Waals surface area contributed by atoms with Crippen molar-refractivity contribution < 1.29 is 9.15 Å². The lowest BCUT2D eigenvalue weighted by molar-refractivity contribution is 0.242. The lowest BCUT2D eigenvalue weighted by atomic mass is 10.0. The fraction of sp³-hybridized carbons (Fsp3) is 0.231. The summed E-state index contributed by atoms with van der Waals surface area (Å²) in [7, 11) is 0. The van der Waals surface area contributed by atoms with Gasteiger partial charge in [-0.25, -0.2) is 0 Å². The maximum Gasteiger partial charge on any atom is 0.131 e. The highest BCUT2D eigenvalue weighted by molar-refractivity contribution is 6.31. The zero-order valence-corrected chi connectivity index (χ0v) is 9.91. The molecule has 0 spiro atoms. The predicted molar refractivity (Wildman–Crippen MR) is 66.3 cm³/mol. The first-order valence-corrected chi connectivity index (χ1v) is 5.87. The molecule has 3 rings (SSSR count). The average Bonchev–Trinajstić information content (AvgIpc) is 2.96. The Morgan fingerprint density at radius 1 is 1.41 bits per heavy atom. The van der Waals surface area contributed by atoms with Gasteiger partial charge in [-0.3, -0.25) is 0 Å². The summed E-state index contributed by atoms with van der Waals surface area (Å²) in [5.74, 6) is 0.881. The van der Waals surface area contributed by atoms with Crippen LogP contribution in [0.5, 0.6) is 5.75 Å². The number of hydrogen-bond acceptors (Lipinski definition) is 3. The number of halogens is 1. The summed E-state index contributed by atoms with van der Waals surface area (Å²) >= 11 is 6.12. The van der Waals surface area contributed by atoms with Crippen LogP contribution in [0.3, 0.4) is 0 Å². The standard InChI is InChI=1S/C13H12ClNO2/c14-10-3-9-4-11(6-15)17-13(9)12(5-10)8-1-2-16-7-8/h1-3,5,7,11H,4,6,15H2/t11-/m0/s1. The van der Waals surface area contributed by atoms with Crippen LogP contribution in [-0.2, 0) is 6.42 Å². The second-order valence-corrected chi connectivity index (χ2v) is 4.57. The van der Waals surface area contributed by atoms with Crippen LogP contribution >= 0.6 is 11.6 Å². The van der Waals surface area contributed by atoms with Gasteiger partial charge in [0.2, 0.25) is 0 Å². The van der Waals surface area contributed by atoms with Gasteiger partial charge in [0.15, 0.2) is 0 Å². The van der Waals surface area contributed by atoms with E-state index in [0.29, 0.717) is 11.6 Å². The number of benzene rings is 1. The van der Waals surface area contributed by atoms with Crippen LogP contribution in [0.15, 0.2) is 35.1 Å². The molecule has 0 saturated carbocycles. The van der Waals surface area contributed by atoms with E-state index >= 15 is 0 Å². The van der Waals surface area contributed by atoms with Crippen molar-refractivity contribution in [3.05, 3.63) is 41.3 Å². The van der Waals surface area contributed by atoms with Crippen LogP contribution in [0.4, 0.5) is 0 Å². The van der Waals surface area contributed by atoms with Crippen molar-refractivity contribution in [1.29, 1.82) is 0 Å². The summed E-state index contributed by atoms with van der Waals surface area (Å²) in [4.78, 5) is 0. The Morgan fingerprint density at radius 3 is 3.00 bits per heavy atom. The van der Waals surface area contributed by atoms with E-state index in [0.717, 1.165) is 28.9 Å². The fourth-order valence-electron chi connectivity index (χ4n) is 2.16. The Balaban J connectivity index is 2.12. The van der Waals surface area contributed by atoms with E-state index < -0.39 is 0 Å². The lowest BCUT2D eigenvalue weighted by Gasteiger charge is -2.09. The van der Waals surface area contributed by atoms with Gasteiger partial charge in [-0.2, -0.15) is 0 Å². The maximum atomic E-state index is 6.12. The number of furan rings is 1. The summed E-state index contributed by atoms with van der Waals surface area (Å²) in [5, 5.41) is 0.709. The van der Waals surface area contributed by atoms with Crippen molar-refractivity contribution in [3.8, 4) is 16.9 Å². The molecule has 88 valence electrons. The second-order valence-electron chi connectivity index (χ2n) is 4.13. The topological polar surface area (TPSA) is 48.4 Å². The van der Waals surface area contributed by atoms with Crippen molar-refractivity contribution in [2.45, 2.75) is 12.5 Å². The molecule has 0 aliphatic carbocycles. The van der Waals surface area contributed by atoms with Gasteiger partial charge in [-0.1, -0.05) is 11.6 Å². The summed E-state index contributed by atoms with van der Waals surface area (Å²) < 4.78 is 10.9. The predicted octanol–water partition coefficient (Wildman–Crippen LogP) is 2.86. The molecule has 0 saturated heterocycles. The molecule has 1 aromatic heterocycles. The minimum atomic E-state index is 0.0501. The first kappa shape index (κ1) is 10.7. The number of rotatable bonds is 2. The van der Waals surface area contributed by atoms with E-state index in [1.165, 1.54) is 0 Å². The monoisotopic (exact) mass is 249 g/mol. The first-order valence-electron chi connectivity index (χ1n) is 5.49. The normalized spacial score (nSPS) is 17.9.